The van der Waals surface area contributed by atoms with Gasteiger partial charge in [-0.3, -0.25) is 4.98 Å². The van der Waals surface area contributed by atoms with Gasteiger partial charge >= 0.3 is 0 Å². The van der Waals surface area contributed by atoms with Crippen molar-refractivity contribution in [2.75, 3.05) is 7.11 Å². The zero-order valence-electron chi connectivity index (χ0n) is 9.55. The molecule has 90 valence electrons. The number of nitrogens with zero attached hydrogens (tertiary/aromatic N) is 2. The molecular formula is C13H9ClN2O2. The summed E-state index contributed by atoms with van der Waals surface area (Å²) >= 11 is 6.06. The van der Waals surface area contributed by atoms with Gasteiger partial charge in [-0.2, -0.15) is 0 Å². The van der Waals surface area contributed by atoms with Crippen LogP contribution in [0.2, 0.25) is 5.02 Å². The molecule has 0 N–H and O–H groups in total. The number of aromatic nitrogens is 2. The summed E-state index contributed by atoms with van der Waals surface area (Å²) in [6, 6.07) is 7.23. The molecule has 0 aliphatic rings. The van der Waals surface area contributed by atoms with Gasteiger partial charge in [0.1, 0.15) is 11.3 Å². The summed E-state index contributed by atoms with van der Waals surface area (Å²) in [4.78, 5) is 8.32. The standard InChI is InChI=1S/C13H9ClN2O2/c1-17-8-2-3-12-11(6-8)16-13(18-12)9-4-5-15-7-10(9)14/h2-7H,1H3. The highest BCUT2D eigenvalue weighted by atomic mass is 35.5. The molecule has 1 aromatic carbocycles. The van der Waals surface area contributed by atoms with Crippen LogP contribution in [0.25, 0.3) is 22.6 Å². The Morgan fingerprint density at radius 2 is 2.17 bits per heavy atom. The first-order valence-corrected chi connectivity index (χ1v) is 5.70. The summed E-state index contributed by atoms with van der Waals surface area (Å²) in [6.07, 6.45) is 3.21. The maximum atomic E-state index is 6.06. The van der Waals surface area contributed by atoms with Crippen LogP contribution in [0.15, 0.2) is 41.1 Å². The molecule has 0 aliphatic heterocycles. The van der Waals surface area contributed by atoms with Crippen molar-refractivity contribution >= 4 is 22.7 Å². The summed E-state index contributed by atoms with van der Waals surface area (Å²) in [7, 11) is 1.61. The van der Waals surface area contributed by atoms with E-state index in [0.717, 1.165) is 16.8 Å². The molecule has 2 aromatic heterocycles. The minimum absolute atomic E-state index is 0.477. The first kappa shape index (κ1) is 11.0. The number of rotatable bonds is 2. The number of benzene rings is 1. The quantitative estimate of drug-likeness (QED) is 0.707. The second-order valence-electron chi connectivity index (χ2n) is 3.71. The van der Waals surface area contributed by atoms with E-state index >= 15 is 0 Å². The second kappa shape index (κ2) is 4.31. The largest absolute Gasteiger partial charge is 0.497 e. The first-order valence-electron chi connectivity index (χ1n) is 5.32. The van der Waals surface area contributed by atoms with E-state index in [1.54, 1.807) is 25.6 Å². The van der Waals surface area contributed by atoms with E-state index in [-0.39, 0.29) is 0 Å². The predicted octanol–water partition coefficient (Wildman–Crippen LogP) is 3.55. The molecule has 0 fully saturated rings. The highest BCUT2D eigenvalue weighted by molar-refractivity contribution is 6.33. The maximum absolute atomic E-state index is 6.06. The van der Waals surface area contributed by atoms with E-state index < -0.39 is 0 Å². The van der Waals surface area contributed by atoms with Crippen LogP contribution >= 0.6 is 11.6 Å². The molecule has 0 atom stereocenters. The minimum Gasteiger partial charge on any atom is -0.497 e. The van der Waals surface area contributed by atoms with Crippen molar-refractivity contribution in [1.29, 1.82) is 0 Å². The van der Waals surface area contributed by atoms with Crippen LogP contribution in [0, 0.1) is 0 Å². The van der Waals surface area contributed by atoms with Crippen molar-refractivity contribution < 1.29 is 9.15 Å². The van der Waals surface area contributed by atoms with Gasteiger partial charge in [-0.05, 0) is 18.2 Å². The van der Waals surface area contributed by atoms with Gasteiger partial charge in [0.25, 0.3) is 0 Å². The number of halogens is 1. The van der Waals surface area contributed by atoms with Gasteiger partial charge in [0, 0.05) is 18.5 Å². The number of ether oxygens (including phenoxy) is 1. The number of hydrogen-bond donors (Lipinski definition) is 0. The molecule has 0 saturated heterocycles. The van der Waals surface area contributed by atoms with Gasteiger partial charge in [-0.1, -0.05) is 11.6 Å². The fourth-order valence-electron chi connectivity index (χ4n) is 1.70. The molecule has 2 heterocycles. The average molecular weight is 261 g/mol. The minimum atomic E-state index is 0.477. The third-order valence-corrected chi connectivity index (χ3v) is 2.90. The van der Waals surface area contributed by atoms with E-state index in [1.807, 2.05) is 18.2 Å². The molecule has 3 rings (SSSR count). The van der Waals surface area contributed by atoms with Gasteiger partial charge in [-0.15, -0.1) is 0 Å². The maximum Gasteiger partial charge on any atom is 0.228 e. The topological polar surface area (TPSA) is 48.2 Å². The van der Waals surface area contributed by atoms with Crippen LogP contribution in [0.5, 0.6) is 5.75 Å². The molecule has 0 amide bonds. The summed E-state index contributed by atoms with van der Waals surface area (Å²) in [5.74, 6) is 1.22. The third-order valence-electron chi connectivity index (χ3n) is 2.60. The van der Waals surface area contributed by atoms with Crippen molar-refractivity contribution in [3.05, 3.63) is 41.7 Å². The molecule has 18 heavy (non-hydrogen) atoms. The number of pyridine rings is 1. The van der Waals surface area contributed by atoms with E-state index in [0.29, 0.717) is 16.5 Å². The summed E-state index contributed by atoms with van der Waals surface area (Å²) in [5.41, 5.74) is 2.15. The molecule has 0 spiro atoms. The molecule has 5 heteroatoms. The molecule has 0 aliphatic carbocycles. The molecule has 0 bridgehead atoms. The van der Waals surface area contributed by atoms with Gasteiger partial charge in [0.15, 0.2) is 5.58 Å². The summed E-state index contributed by atoms with van der Waals surface area (Å²) < 4.78 is 10.8. The molecular weight excluding hydrogens is 252 g/mol. The zero-order valence-corrected chi connectivity index (χ0v) is 10.3. The smallest absolute Gasteiger partial charge is 0.228 e. The third kappa shape index (κ3) is 1.80. The lowest BCUT2D eigenvalue weighted by Gasteiger charge is -1.96. The van der Waals surface area contributed by atoms with Crippen LogP contribution < -0.4 is 4.74 Å². The Balaban J connectivity index is 2.17. The lowest BCUT2D eigenvalue weighted by Crippen LogP contribution is -1.81. The Labute approximate surface area is 108 Å². The van der Waals surface area contributed by atoms with Crippen molar-refractivity contribution in [2.45, 2.75) is 0 Å². The first-order chi connectivity index (χ1) is 8.78. The Morgan fingerprint density at radius 3 is 2.94 bits per heavy atom. The number of hydrogen-bond acceptors (Lipinski definition) is 4. The molecule has 0 radical (unpaired) electrons. The highest BCUT2D eigenvalue weighted by Crippen LogP contribution is 2.30. The monoisotopic (exact) mass is 260 g/mol. The molecule has 0 saturated carbocycles. The number of methoxy groups -OCH3 is 1. The van der Waals surface area contributed by atoms with Crippen LogP contribution in [0.4, 0.5) is 0 Å². The van der Waals surface area contributed by atoms with E-state index in [9.17, 15) is 0 Å². The van der Waals surface area contributed by atoms with Gasteiger partial charge in [0.05, 0.1) is 17.7 Å². The molecule has 0 unspecified atom stereocenters. The van der Waals surface area contributed by atoms with E-state index in [4.69, 9.17) is 20.8 Å². The van der Waals surface area contributed by atoms with Crippen molar-refractivity contribution in [2.24, 2.45) is 0 Å². The lowest BCUT2D eigenvalue weighted by atomic mass is 10.3. The van der Waals surface area contributed by atoms with Crippen LogP contribution in [-0.4, -0.2) is 17.1 Å². The highest BCUT2D eigenvalue weighted by Gasteiger charge is 2.11. The van der Waals surface area contributed by atoms with Crippen molar-refractivity contribution in [1.82, 2.24) is 9.97 Å². The molecule has 4 nitrogen and oxygen atoms in total. The van der Waals surface area contributed by atoms with Crippen molar-refractivity contribution in [3.63, 3.8) is 0 Å². The van der Waals surface area contributed by atoms with Crippen LogP contribution in [0.1, 0.15) is 0 Å². The molecule has 3 aromatic rings. The lowest BCUT2D eigenvalue weighted by molar-refractivity contribution is 0.415. The zero-order chi connectivity index (χ0) is 12.5. The SMILES string of the molecule is COc1ccc2oc(-c3ccncc3Cl)nc2c1. The number of fused-ring (bicyclic) bond motifs is 1. The van der Waals surface area contributed by atoms with Gasteiger partial charge in [-0.25, -0.2) is 4.98 Å². The second-order valence-corrected chi connectivity index (χ2v) is 4.12. The Morgan fingerprint density at radius 1 is 1.28 bits per heavy atom. The van der Waals surface area contributed by atoms with Crippen LogP contribution in [0.3, 0.4) is 0 Å². The fraction of sp³-hybridized carbons (Fsp3) is 0.0769. The van der Waals surface area contributed by atoms with Gasteiger partial charge < -0.3 is 9.15 Å². The van der Waals surface area contributed by atoms with Gasteiger partial charge in [0.2, 0.25) is 5.89 Å². The summed E-state index contributed by atoms with van der Waals surface area (Å²) in [6.45, 7) is 0. The van der Waals surface area contributed by atoms with Crippen LogP contribution in [-0.2, 0) is 0 Å². The van der Waals surface area contributed by atoms with E-state index in [2.05, 4.69) is 9.97 Å². The predicted molar refractivity (Wildman–Crippen MR) is 68.8 cm³/mol. The Kier molecular flexibility index (Phi) is 2.64. The Bertz CT molecular complexity index is 709. The normalized spacial score (nSPS) is 10.8. The Hall–Kier alpha value is -2.07. The fourth-order valence-corrected chi connectivity index (χ4v) is 1.90. The number of oxazole rings is 1. The average Bonchev–Trinajstić information content (AvgIpc) is 2.81. The summed E-state index contributed by atoms with van der Waals surface area (Å²) in [5, 5.41) is 0.510. The van der Waals surface area contributed by atoms with Crippen molar-refractivity contribution in [3.8, 4) is 17.2 Å². The van der Waals surface area contributed by atoms with E-state index in [1.165, 1.54) is 0 Å².